The largest absolute Gasteiger partial charge is 0.444 e. The van der Waals surface area contributed by atoms with Crippen molar-refractivity contribution in [1.82, 2.24) is 14.8 Å². The van der Waals surface area contributed by atoms with Crippen molar-refractivity contribution in [2.45, 2.75) is 51.7 Å². The van der Waals surface area contributed by atoms with Gasteiger partial charge in [0.05, 0.1) is 6.54 Å². The molecule has 154 valence electrons. The number of aromatic nitrogens is 1. The third-order valence-electron chi connectivity index (χ3n) is 5.40. The van der Waals surface area contributed by atoms with E-state index in [1.807, 2.05) is 39.0 Å². The van der Waals surface area contributed by atoms with Crippen molar-refractivity contribution in [1.29, 1.82) is 0 Å². The quantitative estimate of drug-likeness (QED) is 0.764. The minimum absolute atomic E-state index is 0.0749. The maximum Gasteiger partial charge on any atom is 0.412 e. The fraction of sp³-hybridized carbons (Fsp3) is 0.476. The highest BCUT2D eigenvalue weighted by atomic mass is 16.6. The summed E-state index contributed by atoms with van der Waals surface area (Å²) in [6, 6.07) is 5.41. The number of H-pyrrole nitrogens is 1. The standard InChI is InChI=1S/C21H26N4O4/c1-21(2,3)29-19(27)22-13-6-7-15-14(9-13)18-12-5-8-17(26)24(4)20(28)25(10-12)11-16(18)23-15/h6-7,9,12,23H,5,8,10-11H2,1-4H3,(H,22,27). The molecule has 0 aliphatic carbocycles. The molecular formula is C21H26N4O4. The summed E-state index contributed by atoms with van der Waals surface area (Å²) in [6.07, 6.45) is 0.511. The van der Waals surface area contributed by atoms with Gasteiger partial charge in [0, 0.05) is 48.2 Å². The van der Waals surface area contributed by atoms with E-state index in [1.54, 1.807) is 11.9 Å². The minimum Gasteiger partial charge on any atom is -0.444 e. The Morgan fingerprint density at radius 2 is 2.03 bits per heavy atom. The van der Waals surface area contributed by atoms with Crippen LogP contribution in [0.5, 0.6) is 0 Å². The fourth-order valence-corrected chi connectivity index (χ4v) is 4.14. The number of nitrogens with one attached hydrogen (secondary N) is 2. The Balaban J connectivity index is 1.68. The lowest BCUT2D eigenvalue weighted by molar-refractivity contribution is -0.128. The number of urea groups is 1. The molecule has 8 heteroatoms. The van der Waals surface area contributed by atoms with Crippen molar-refractivity contribution in [3.8, 4) is 0 Å². The number of ether oxygens (including phenoxy) is 1. The van der Waals surface area contributed by atoms with Crippen LogP contribution in [0.2, 0.25) is 0 Å². The Morgan fingerprint density at radius 1 is 1.28 bits per heavy atom. The Morgan fingerprint density at radius 3 is 2.76 bits per heavy atom. The third kappa shape index (κ3) is 3.66. The number of fused-ring (bicyclic) bond motifs is 6. The van der Waals surface area contributed by atoms with E-state index in [0.29, 0.717) is 31.6 Å². The molecule has 0 spiro atoms. The number of nitrogens with zero attached hydrogens (tertiary/aromatic N) is 2. The number of hydrogen-bond donors (Lipinski definition) is 2. The van der Waals surface area contributed by atoms with Gasteiger partial charge in [-0.2, -0.15) is 0 Å². The van der Waals surface area contributed by atoms with Gasteiger partial charge in [-0.05, 0) is 51.0 Å². The molecule has 4 rings (SSSR count). The number of hydrogen-bond acceptors (Lipinski definition) is 4. The molecule has 0 radical (unpaired) electrons. The van der Waals surface area contributed by atoms with Gasteiger partial charge in [0.2, 0.25) is 5.91 Å². The van der Waals surface area contributed by atoms with Crippen LogP contribution in [0.4, 0.5) is 15.3 Å². The number of anilines is 1. The second kappa shape index (κ2) is 6.79. The fourth-order valence-electron chi connectivity index (χ4n) is 4.14. The molecule has 2 aromatic rings. The lowest BCUT2D eigenvalue weighted by atomic mass is 9.87. The molecule has 1 aromatic heterocycles. The van der Waals surface area contributed by atoms with Crippen LogP contribution in [0, 0.1) is 0 Å². The molecule has 2 bridgehead atoms. The molecule has 2 N–H and O–H groups in total. The van der Waals surface area contributed by atoms with Crippen LogP contribution in [-0.2, 0) is 16.1 Å². The molecule has 2 aliphatic heterocycles. The van der Waals surface area contributed by atoms with E-state index >= 15 is 0 Å². The van der Waals surface area contributed by atoms with Crippen molar-refractivity contribution in [2.24, 2.45) is 0 Å². The second-order valence-corrected chi connectivity index (χ2v) is 8.76. The van der Waals surface area contributed by atoms with Crippen molar-refractivity contribution in [2.75, 3.05) is 18.9 Å². The highest BCUT2D eigenvalue weighted by Crippen LogP contribution is 2.39. The van der Waals surface area contributed by atoms with Gasteiger partial charge in [-0.3, -0.25) is 15.0 Å². The van der Waals surface area contributed by atoms with Crippen LogP contribution in [-0.4, -0.2) is 52.0 Å². The molecule has 29 heavy (non-hydrogen) atoms. The third-order valence-corrected chi connectivity index (χ3v) is 5.40. The van der Waals surface area contributed by atoms with E-state index in [4.69, 9.17) is 4.74 Å². The molecule has 1 unspecified atom stereocenters. The first kappa shape index (κ1) is 19.3. The molecule has 1 saturated heterocycles. The number of benzene rings is 1. The van der Waals surface area contributed by atoms with Crippen LogP contribution in [0.1, 0.15) is 50.8 Å². The van der Waals surface area contributed by atoms with Crippen LogP contribution in [0.3, 0.4) is 0 Å². The lowest BCUT2D eigenvalue weighted by Gasteiger charge is -2.37. The van der Waals surface area contributed by atoms with E-state index in [1.165, 1.54) is 4.90 Å². The Hall–Kier alpha value is -3.03. The predicted octanol–water partition coefficient (Wildman–Crippen LogP) is 3.79. The number of rotatable bonds is 1. The second-order valence-electron chi connectivity index (χ2n) is 8.76. The summed E-state index contributed by atoms with van der Waals surface area (Å²) in [4.78, 5) is 43.3. The number of imide groups is 1. The normalized spacial score (nSPS) is 19.7. The Kier molecular flexibility index (Phi) is 4.52. The van der Waals surface area contributed by atoms with Crippen molar-refractivity contribution in [3.63, 3.8) is 0 Å². The average molecular weight is 398 g/mol. The van der Waals surface area contributed by atoms with E-state index in [0.717, 1.165) is 22.2 Å². The monoisotopic (exact) mass is 398 g/mol. The molecule has 4 amide bonds. The summed E-state index contributed by atoms with van der Waals surface area (Å²) in [5.74, 6) is -0.0776. The first-order valence-electron chi connectivity index (χ1n) is 9.82. The molecule has 3 heterocycles. The van der Waals surface area contributed by atoms with Gasteiger partial charge in [-0.1, -0.05) is 0 Å². The average Bonchev–Trinajstić information content (AvgIpc) is 3.00. The molecule has 2 aliphatic rings. The summed E-state index contributed by atoms with van der Waals surface area (Å²) in [5.41, 5.74) is 3.14. The van der Waals surface area contributed by atoms with E-state index < -0.39 is 11.7 Å². The number of carbonyl (C=O) groups is 3. The highest BCUT2D eigenvalue weighted by molar-refractivity contribution is 5.96. The first-order chi connectivity index (χ1) is 13.6. The van der Waals surface area contributed by atoms with Crippen LogP contribution >= 0.6 is 0 Å². The predicted molar refractivity (Wildman–Crippen MR) is 109 cm³/mol. The SMILES string of the molecule is CN1C(=O)CCC2CN(Cc3[nH]c4ccc(NC(=O)OC(C)(C)C)cc4c32)C1=O. The maximum absolute atomic E-state index is 12.6. The smallest absolute Gasteiger partial charge is 0.412 e. The van der Waals surface area contributed by atoms with Crippen molar-refractivity contribution < 1.29 is 19.1 Å². The van der Waals surface area contributed by atoms with Gasteiger partial charge >= 0.3 is 12.1 Å². The summed E-state index contributed by atoms with van der Waals surface area (Å²) in [7, 11) is 1.54. The zero-order valence-corrected chi connectivity index (χ0v) is 17.2. The van der Waals surface area contributed by atoms with Crippen molar-refractivity contribution in [3.05, 3.63) is 29.5 Å². The summed E-state index contributed by atoms with van der Waals surface area (Å²) in [6.45, 7) is 6.47. The molecule has 1 fully saturated rings. The van der Waals surface area contributed by atoms with Crippen molar-refractivity contribution >= 4 is 34.6 Å². The zero-order valence-electron chi connectivity index (χ0n) is 17.2. The topological polar surface area (TPSA) is 94.7 Å². The maximum atomic E-state index is 12.6. The van der Waals surface area contributed by atoms with E-state index in [9.17, 15) is 14.4 Å². The molecular weight excluding hydrogens is 372 g/mol. The van der Waals surface area contributed by atoms with Gasteiger partial charge in [-0.15, -0.1) is 0 Å². The minimum atomic E-state index is -0.573. The van der Waals surface area contributed by atoms with Gasteiger partial charge in [0.1, 0.15) is 5.60 Å². The van der Waals surface area contributed by atoms with Gasteiger partial charge in [0.25, 0.3) is 0 Å². The Labute approximate surface area is 169 Å². The summed E-state index contributed by atoms with van der Waals surface area (Å²) in [5, 5.41) is 3.79. The van der Waals surface area contributed by atoms with Crippen LogP contribution < -0.4 is 5.32 Å². The van der Waals surface area contributed by atoms with Crippen LogP contribution in [0.15, 0.2) is 18.2 Å². The van der Waals surface area contributed by atoms with Gasteiger partial charge in [0.15, 0.2) is 0 Å². The molecule has 0 saturated carbocycles. The number of amides is 4. The van der Waals surface area contributed by atoms with E-state index in [-0.39, 0.29) is 17.9 Å². The summed E-state index contributed by atoms with van der Waals surface area (Å²) < 4.78 is 5.33. The molecule has 1 aromatic carbocycles. The van der Waals surface area contributed by atoms with Crippen LogP contribution in [0.25, 0.3) is 10.9 Å². The van der Waals surface area contributed by atoms with Gasteiger partial charge < -0.3 is 14.6 Å². The molecule has 1 atom stereocenters. The number of carbonyl (C=O) groups excluding carboxylic acids is 3. The zero-order chi connectivity index (χ0) is 20.9. The molecule has 8 nitrogen and oxygen atoms in total. The number of aromatic amines is 1. The lowest BCUT2D eigenvalue weighted by Crippen LogP contribution is -2.49. The highest BCUT2D eigenvalue weighted by Gasteiger charge is 2.36. The van der Waals surface area contributed by atoms with E-state index in [2.05, 4.69) is 10.3 Å². The summed E-state index contributed by atoms with van der Waals surface area (Å²) >= 11 is 0. The first-order valence-corrected chi connectivity index (χ1v) is 9.82. The Bertz CT molecular complexity index is 1000. The van der Waals surface area contributed by atoms with Gasteiger partial charge in [-0.25, -0.2) is 9.59 Å².